The van der Waals surface area contributed by atoms with E-state index >= 15 is 0 Å². The lowest BCUT2D eigenvalue weighted by molar-refractivity contribution is 0.0781. The Balaban J connectivity index is 3.28. The summed E-state index contributed by atoms with van der Waals surface area (Å²) in [4.78, 5) is 12.5. The van der Waals surface area contributed by atoms with E-state index in [2.05, 4.69) is 20.1 Å². The minimum atomic E-state index is -0.349. The number of carbonyl (C=O) groups is 1. The summed E-state index contributed by atoms with van der Waals surface area (Å²) in [6.07, 6.45) is 2.00. The van der Waals surface area contributed by atoms with Crippen LogP contribution < -0.4 is 0 Å². The van der Waals surface area contributed by atoms with Crippen molar-refractivity contribution in [1.29, 1.82) is 0 Å². The number of benzene rings is 1. The minimum Gasteiger partial charge on any atom is -0.380 e. The van der Waals surface area contributed by atoms with Gasteiger partial charge in [-0.2, -0.15) is 0 Å². The second-order valence-corrected chi connectivity index (χ2v) is 4.09. The normalized spacial score (nSPS) is 10.0. The summed E-state index contributed by atoms with van der Waals surface area (Å²) in [6, 6.07) is 3.71. The highest BCUT2D eigenvalue weighted by Gasteiger charge is 2.13. The van der Waals surface area contributed by atoms with Gasteiger partial charge in [0.05, 0.1) is 5.56 Å². The van der Waals surface area contributed by atoms with Crippen molar-refractivity contribution >= 4 is 34.0 Å². The van der Waals surface area contributed by atoms with E-state index in [0.717, 1.165) is 10.5 Å². The van der Waals surface area contributed by atoms with E-state index in [0.29, 0.717) is 5.56 Å². The van der Waals surface area contributed by atoms with E-state index in [9.17, 15) is 4.79 Å². The molecule has 0 unspecified atom stereocenters. The van der Waals surface area contributed by atoms with Crippen molar-refractivity contribution in [2.45, 2.75) is 18.7 Å². The van der Waals surface area contributed by atoms with Crippen LogP contribution in [0.3, 0.4) is 0 Å². The van der Waals surface area contributed by atoms with Crippen LogP contribution in [0.2, 0.25) is 0 Å². The van der Waals surface area contributed by atoms with Crippen LogP contribution in [0, 0.1) is 13.8 Å². The summed E-state index contributed by atoms with van der Waals surface area (Å²) >= 11 is 4.34. The Labute approximate surface area is 96.5 Å². The Morgan fingerprint density at radius 3 is 2.57 bits per heavy atom. The fourth-order valence-electron chi connectivity index (χ4n) is 1.40. The van der Waals surface area contributed by atoms with Gasteiger partial charge in [0.15, 0.2) is 16.3 Å². The lowest BCUT2D eigenvalue weighted by Gasteiger charge is -2.09. The first-order valence-corrected chi connectivity index (χ1v) is 5.96. The Bertz CT molecular complexity index is 363. The summed E-state index contributed by atoms with van der Waals surface area (Å²) in [7, 11) is 0. The van der Waals surface area contributed by atoms with Crippen molar-refractivity contribution < 1.29 is 8.62 Å². The molecule has 0 aliphatic rings. The molecule has 0 atom stereocenters. The second kappa shape index (κ2) is 4.84. The molecule has 0 radical (unpaired) electrons. The monoisotopic (exact) mass is 274 g/mol. The van der Waals surface area contributed by atoms with Crippen molar-refractivity contribution in [2.24, 2.45) is 0 Å². The predicted octanol–water partition coefficient (Wildman–Crippen LogP) is 3.49. The third kappa shape index (κ3) is 2.12. The molecular weight excluding hydrogens is 264 g/mol. The van der Waals surface area contributed by atoms with Gasteiger partial charge in [0.25, 0.3) is 0 Å². The highest BCUT2D eigenvalue weighted by molar-refractivity contribution is 9.06. The maximum absolute atomic E-state index is 11.3. The molecule has 76 valence electrons. The SMILES string of the molecule is CSc1c(C)ccc(C(=O)OBr)c1C. The third-order valence-electron chi connectivity index (χ3n) is 2.10. The molecule has 1 rings (SSSR count). The van der Waals surface area contributed by atoms with Gasteiger partial charge in [0.2, 0.25) is 0 Å². The first-order valence-electron chi connectivity index (χ1n) is 4.09. The zero-order valence-corrected chi connectivity index (χ0v) is 10.7. The molecule has 0 aliphatic heterocycles. The van der Waals surface area contributed by atoms with Gasteiger partial charge in [0.1, 0.15) is 0 Å². The maximum Gasteiger partial charge on any atom is 0.349 e. The van der Waals surface area contributed by atoms with Crippen LogP contribution in [0.5, 0.6) is 0 Å². The van der Waals surface area contributed by atoms with Gasteiger partial charge < -0.3 is 3.83 Å². The molecule has 0 N–H and O–H groups in total. The fraction of sp³-hybridized carbons (Fsp3) is 0.300. The standard InChI is InChI=1S/C10H11BrO2S/c1-6-4-5-8(10(12)13-11)7(2)9(6)14-3/h4-5H,1-3H3. The van der Waals surface area contributed by atoms with Gasteiger partial charge >= 0.3 is 5.97 Å². The predicted molar refractivity (Wildman–Crippen MR) is 62.0 cm³/mol. The van der Waals surface area contributed by atoms with Crippen LogP contribution in [0.25, 0.3) is 0 Å². The van der Waals surface area contributed by atoms with Crippen LogP contribution in [-0.4, -0.2) is 12.2 Å². The molecule has 2 nitrogen and oxygen atoms in total. The molecule has 14 heavy (non-hydrogen) atoms. The van der Waals surface area contributed by atoms with Crippen LogP contribution in [0.1, 0.15) is 21.5 Å². The second-order valence-electron chi connectivity index (χ2n) is 2.95. The molecule has 0 aromatic heterocycles. The quantitative estimate of drug-likeness (QED) is 0.773. The average Bonchev–Trinajstić information content (AvgIpc) is 2.18. The largest absolute Gasteiger partial charge is 0.380 e. The number of carbonyl (C=O) groups excluding carboxylic acids is 1. The summed E-state index contributed by atoms with van der Waals surface area (Å²) < 4.78 is 4.52. The van der Waals surface area contributed by atoms with Gasteiger partial charge in [-0.1, -0.05) is 6.07 Å². The lowest BCUT2D eigenvalue weighted by atomic mass is 10.1. The summed E-state index contributed by atoms with van der Waals surface area (Å²) in [5.74, 6) is -0.349. The van der Waals surface area contributed by atoms with E-state index in [1.807, 2.05) is 26.2 Å². The molecule has 1 aromatic carbocycles. The number of aryl methyl sites for hydroxylation is 1. The van der Waals surface area contributed by atoms with Crippen molar-refractivity contribution in [3.63, 3.8) is 0 Å². The average molecular weight is 275 g/mol. The van der Waals surface area contributed by atoms with Crippen molar-refractivity contribution in [3.8, 4) is 0 Å². The molecule has 0 bridgehead atoms. The van der Waals surface area contributed by atoms with Gasteiger partial charge in [-0.15, -0.1) is 11.8 Å². The highest BCUT2D eigenvalue weighted by Crippen LogP contribution is 2.27. The molecule has 0 heterocycles. The van der Waals surface area contributed by atoms with E-state index in [1.54, 1.807) is 17.8 Å². The molecule has 0 saturated heterocycles. The summed E-state index contributed by atoms with van der Waals surface area (Å²) in [5.41, 5.74) is 2.76. The van der Waals surface area contributed by atoms with Crippen LogP contribution in [0.4, 0.5) is 0 Å². The third-order valence-corrected chi connectivity index (χ3v) is 3.43. The molecule has 0 saturated carbocycles. The smallest absolute Gasteiger partial charge is 0.349 e. The molecule has 1 aromatic rings. The number of hydrogen-bond donors (Lipinski definition) is 0. The molecule has 0 aliphatic carbocycles. The zero-order chi connectivity index (χ0) is 10.7. The van der Waals surface area contributed by atoms with Crippen molar-refractivity contribution in [2.75, 3.05) is 6.26 Å². The zero-order valence-electron chi connectivity index (χ0n) is 8.26. The van der Waals surface area contributed by atoms with Crippen LogP contribution in [-0.2, 0) is 3.83 Å². The van der Waals surface area contributed by atoms with E-state index in [1.165, 1.54) is 5.56 Å². The fourth-order valence-corrected chi connectivity index (χ4v) is 2.38. The first-order chi connectivity index (χ1) is 6.61. The van der Waals surface area contributed by atoms with Gasteiger partial charge in [-0.3, -0.25) is 0 Å². The molecule has 0 spiro atoms. The van der Waals surface area contributed by atoms with E-state index in [-0.39, 0.29) is 5.97 Å². The van der Waals surface area contributed by atoms with Gasteiger partial charge in [-0.05, 0) is 37.3 Å². The summed E-state index contributed by atoms with van der Waals surface area (Å²) in [6.45, 7) is 3.96. The summed E-state index contributed by atoms with van der Waals surface area (Å²) in [5, 5.41) is 0. The van der Waals surface area contributed by atoms with Gasteiger partial charge in [-0.25, -0.2) is 4.79 Å². The lowest BCUT2D eigenvalue weighted by Crippen LogP contribution is -2.02. The topological polar surface area (TPSA) is 26.3 Å². The van der Waals surface area contributed by atoms with Crippen LogP contribution >= 0.6 is 28.0 Å². The molecule has 0 amide bonds. The number of thioether (sulfide) groups is 1. The number of hydrogen-bond acceptors (Lipinski definition) is 3. The molecule has 4 heteroatoms. The minimum absolute atomic E-state index is 0.349. The molecular formula is C10H11BrO2S. The number of halogens is 1. The highest BCUT2D eigenvalue weighted by atomic mass is 79.9. The molecule has 0 fully saturated rings. The maximum atomic E-state index is 11.3. The Hall–Kier alpha value is -0.480. The van der Waals surface area contributed by atoms with E-state index in [4.69, 9.17) is 0 Å². The van der Waals surface area contributed by atoms with Gasteiger partial charge in [0, 0.05) is 4.90 Å². The Kier molecular flexibility index (Phi) is 4.01. The van der Waals surface area contributed by atoms with Crippen molar-refractivity contribution in [1.82, 2.24) is 0 Å². The van der Waals surface area contributed by atoms with E-state index < -0.39 is 0 Å². The Morgan fingerprint density at radius 2 is 2.07 bits per heavy atom. The first kappa shape index (κ1) is 11.6. The Morgan fingerprint density at radius 1 is 1.43 bits per heavy atom. The number of rotatable bonds is 2. The van der Waals surface area contributed by atoms with Crippen LogP contribution in [0.15, 0.2) is 17.0 Å². The van der Waals surface area contributed by atoms with Crippen molar-refractivity contribution in [3.05, 3.63) is 28.8 Å².